The van der Waals surface area contributed by atoms with E-state index in [4.69, 9.17) is 9.47 Å². The minimum absolute atomic E-state index is 0. The van der Waals surface area contributed by atoms with E-state index in [2.05, 4.69) is 10.6 Å². The van der Waals surface area contributed by atoms with Crippen LogP contribution in [-0.2, 0) is 4.79 Å². The number of rotatable bonds is 7. The summed E-state index contributed by atoms with van der Waals surface area (Å²) < 4.78 is 11.0. The molecule has 2 N–H and O–H groups in total. The second-order valence-corrected chi connectivity index (χ2v) is 4.90. The van der Waals surface area contributed by atoms with Gasteiger partial charge in [-0.3, -0.25) is 4.79 Å². The van der Waals surface area contributed by atoms with Gasteiger partial charge in [-0.15, -0.1) is 12.4 Å². The Kier molecular flexibility index (Phi) is 8.81. The van der Waals surface area contributed by atoms with Gasteiger partial charge in [0.1, 0.15) is 0 Å². The molecule has 1 unspecified atom stereocenters. The number of ether oxygens (including phenoxy) is 2. The van der Waals surface area contributed by atoms with Gasteiger partial charge in [-0.2, -0.15) is 0 Å². The van der Waals surface area contributed by atoms with Crippen LogP contribution in [0.3, 0.4) is 0 Å². The van der Waals surface area contributed by atoms with Crippen LogP contribution >= 0.6 is 12.4 Å². The lowest BCUT2D eigenvalue weighted by Crippen LogP contribution is -2.33. The molecule has 0 heterocycles. The summed E-state index contributed by atoms with van der Waals surface area (Å²) in [5.41, 5.74) is 0.974. The first-order valence-corrected chi connectivity index (χ1v) is 6.76. The molecule has 0 saturated heterocycles. The van der Waals surface area contributed by atoms with Crippen molar-refractivity contribution in [2.45, 2.75) is 32.9 Å². The van der Waals surface area contributed by atoms with Crippen LogP contribution in [0.4, 0.5) is 0 Å². The molecule has 120 valence electrons. The van der Waals surface area contributed by atoms with E-state index in [1.807, 2.05) is 39.0 Å². The molecule has 0 bridgehead atoms. The second kappa shape index (κ2) is 9.47. The van der Waals surface area contributed by atoms with Crippen molar-refractivity contribution in [3.8, 4) is 11.5 Å². The number of hydrogen-bond donors (Lipinski definition) is 2. The van der Waals surface area contributed by atoms with Gasteiger partial charge in [0, 0.05) is 0 Å². The summed E-state index contributed by atoms with van der Waals surface area (Å²) in [5.74, 6) is 1.34. The van der Waals surface area contributed by atoms with Crippen molar-refractivity contribution in [2.75, 3.05) is 20.7 Å². The van der Waals surface area contributed by atoms with Crippen molar-refractivity contribution in [1.82, 2.24) is 10.6 Å². The Morgan fingerprint density at radius 3 is 2.43 bits per heavy atom. The lowest BCUT2D eigenvalue weighted by molar-refractivity contribution is -0.120. The summed E-state index contributed by atoms with van der Waals surface area (Å²) in [6.07, 6.45) is 0.0857. The molecule has 1 amide bonds. The van der Waals surface area contributed by atoms with Gasteiger partial charge in [0.05, 0.1) is 25.8 Å². The third-order valence-electron chi connectivity index (χ3n) is 2.77. The van der Waals surface area contributed by atoms with Crippen molar-refractivity contribution in [3.05, 3.63) is 23.8 Å². The highest BCUT2D eigenvalue weighted by Gasteiger charge is 2.13. The fourth-order valence-electron chi connectivity index (χ4n) is 1.84. The first-order chi connectivity index (χ1) is 9.47. The van der Waals surface area contributed by atoms with Crippen LogP contribution in [0.2, 0.25) is 0 Å². The Morgan fingerprint density at radius 2 is 1.90 bits per heavy atom. The Morgan fingerprint density at radius 1 is 1.24 bits per heavy atom. The van der Waals surface area contributed by atoms with Gasteiger partial charge >= 0.3 is 0 Å². The minimum Gasteiger partial charge on any atom is -0.493 e. The maximum absolute atomic E-state index is 11.6. The van der Waals surface area contributed by atoms with E-state index in [-0.39, 0.29) is 30.5 Å². The van der Waals surface area contributed by atoms with Crippen LogP contribution in [0.15, 0.2) is 18.2 Å². The van der Waals surface area contributed by atoms with Crippen LogP contribution in [0.1, 0.15) is 32.4 Å². The predicted molar refractivity (Wildman–Crippen MR) is 86.5 cm³/mol. The van der Waals surface area contributed by atoms with E-state index < -0.39 is 0 Å². The normalized spacial score (nSPS) is 11.5. The number of benzene rings is 1. The van der Waals surface area contributed by atoms with Crippen molar-refractivity contribution in [2.24, 2.45) is 0 Å². The summed E-state index contributed by atoms with van der Waals surface area (Å²) in [7, 11) is 3.35. The maximum atomic E-state index is 11.6. The molecule has 1 aromatic rings. The monoisotopic (exact) mass is 316 g/mol. The molecular weight excluding hydrogens is 292 g/mol. The summed E-state index contributed by atoms with van der Waals surface area (Å²) in [6.45, 7) is 6.17. The molecule has 0 aromatic heterocycles. The molecule has 0 fully saturated rings. The van der Waals surface area contributed by atoms with Gasteiger partial charge < -0.3 is 20.1 Å². The third kappa shape index (κ3) is 6.23. The van der Waals surface area contributed by atoms with Crippen LogP contribution in [0.5, 0.6) is 11.5 Å². The van der Waals surface area contributed by atoms with Crippen molar-refractivity contribution < 1.29 is 14.3 Å². The summed E-state index contributed by atoms with van der Waals surface area (Å²) in [6, 6.07) is 5.61. The zero-order valence-corrected chi connectivity index (χ0v) is 14.0. The number of carbonyl (C=O) groups is 1. The molecule has 1 rings (SSSR count). The Labute approximate surface area is 132 Å². The van der Waals surface area contributed by atoms with E-state index in [1.165, 1.54) is 0 Å². The Bertz CT molecular complexity index is 453. The molecule has 0 spiro atoms. The molecule has 1 atom stereocenters. The average Bonchev–Trinajstić information content (AvgIpc) is 2.38. The van der Waals surface area contributed by atoms with Gasteiger partial charge in [-0.25, -0.2) is 0 Å². The van der Waals surface area contributed by atoms with Crippen molar-refractivity contribution in [3.63, 3.8) is 0 Å². The van der Waals surface area contributed by atoms with Crippen LogP contribution in [-0.4, -0.2) is 32.7 Å². The minimum atomic E-state index is -0.0853. The Balaban J connectivity index is 0.00000400. The van der Waals surface area contributed by atoms with E-state index in [0.29, 0.717) is 18.0 Å². The largest absolute Gasteiger partial charge is 0.493 e. The number of methoxy groups -OCH3 is 1. The number of hydrogen-bond acceptors (Lipinski definition) is 4. The number of likely N-dealkylation sites (N-methyl/N-ethyl adjacent to an activating group) is 1. The Hall–Kier alpha value is -1.46. The number of carbonyl (C=O) groups excluding carboxylic acids is 1. The number of amides is 1. The number of nitrogens with one attached hydrogen (secondary N) is 2. The SMILES string of the molecule is CNCC(=O)NC(C)c1ccc(OC(C)C)c(OC)c1.Cl. The standard InChI is InChI=1S/C15H24N2O3.ClH/c1-10(2)20-13-7-6-12(8-14(13)19-5)11(3)17-15(18)9-16-4;/h6-8,10-11,16H,9H2,1-5H3,(H,17,18);1H. The predicted octanol–water partition coefficient (Wildman–Crippen LogP) is 2.30. The molecule has 6 heteroatoms. The summed E-state index contributed by atoms with van der Waals surface area (Å²) in [4.78, 5) is 11.6. The topological polar surface area (TPSA) is 59.6 Å². The highest BCUT2D eigenvalue weighted by Crippen LogP contribution is 2.30. The second-order valence-electron chi connectivity index (χ2n) is 4.90. The lowest BCUT2D eigenvalue weighted by Gasteiger charge is -2.18. The maximum Gasteiger partial charge on any atom is 0.234 e. The van der Waals surface area contributed by atoms with Crippen LogP contribution < -0.4 is 20.1 Å². The molecule has 0 aliphatic rings. The lowest BCUT2D eigenvalue weighted by atomic mass is 10.1. The average molecular weight is 317 g/mol. The van der Waals surface area contributed by atoms with Gasteiger partial charge in [0.15, 0.2) is 11.5 Å². The zero-order valence-electron chi connectivity index (χ0n) is 13.2. The summed E-state index contributed by atoms with van der Waals surface area (Å²) in [5, 5.41) is 5.73. The van der Waals surface area contributed by atoms with Gasteiger partial charge in [0.2, 0.25) is 5.91 Å². The van der Waals surface area contributed by atoms with Crippen LogP contribution in [0, 0.1) is 0 Å². The quantitative estimate of drug-likeness (QED) is 0.810. The number of halogens is 1. The molecule has 1 aromatic carbocycles. The van der Waals surface area contributed by atoms with Gasteiger partial charge in [0.25, 0.3) is 0 Å². The van der Waals surface area contributed by atoms with E-state index in [1.54, 1.807) is 14.2 Å². The smallest absolute Gasteiger partial charge is 0.234 e. The van der Waals surface area contributed by atoms with E-state index >= 15 is 0 Å². The third-order valence-corrected chi connectivity index (χ3v) is 2.77. The molecule has 0 saturated carbocycles. The molecule has 5 nitrogen and oxygen atoms in total. The zero-order chi connectivity index (χ0) is 15.1. The van der Waals surface area contributed by atoms with Crippen molar-refractivity contribution in [1.29, 1.82) is 0 Å². The molecule has 21 heavy (non-hydrogen) atoms. The van der Waals surface area contributed by atoms with Crippen molar-refractivity contribution >= 4 is 18.3 Å². The highest BCUT2D eigenvalue weighted by atomic mass is 35.5. The highest BCUT2D eigenvalue weighted by molar-refractivity contribution is 5.85. The first kappa shape index (κ1) is 19.5. The van der Waals surface area contributed by atoms with Gasteiger partial charge in [-0.1, -0.05) is 6.07 Å². The first-order valence-electron chi connectivity index (χ1n) is 6.76. The fourth-order valence-corrected chi connectivity index (χ4v) is 1.84. The van der Waals surface area contributed by atoms with E-state index in [9.17, 15) is 4.79 Å². The fraction of sp³-hybridized carbons (Fsp3) is 0.533. The molecule has 0 aliphatic carbocycles. The molecule has 0 radical (unpaired) electrons. The van der Waals surface area contributed by atoms with Crippen LogP contribution in [0.25, 0.3) is 0 Å². The summed E-state index contributed by atoms with van der Waals surface area (Å²) >= 11 is 0. The van der Waals surface area contributed by atoms with Gasteiger partial charge in [-0.05, 0) is 45.5 Å². The van der Waals surface area contributed by atoms with E-state index in [0.717, 1.165) is 5.56 Å². The molecule has 0 aliphatic heterocycles. The molecular formula is C15H25ClN2O3.